The van der Waals surface area contributed by atoms with Gasteiger partial charge in [0.1, 0.15) is 6.61 Å². The van der Waals surface area contributed by atoms with Crippen molar-refractivity contribution in [2.24, 2.45) is 0 Å². The Hall–Kier alpha value is -3.96. The monoisotopic (exact) mass is 460 g/mol. The molecule has 1 aliphatic rings. The summed E-state index contributed by atoms with van der Waals surface area (Å²) in [5, 5.41) is 12.4. The van der Waals surface area contributed by atoms with E-state index in [0.717, 1.165) is 6.54 Å². The number of dihydropyridines is 1. The molecular weight excluding hydrogens is 432 g/mol. The minimum absolute atomic E-state index is 0.174. The maximum absolute atomic E-state index is 13.2. The van der Waals surface area contributed by atoms with Gasteiger partial charge in [0.2, 0.25) is 0 Å². The molecule has 0 fully saturated rings. The molecule has 0 radical (unpaired) electrons. The quantitative estimate of drug-likeness (QED) is 0.600. The molecule has 0 aliphatic carbocycles. The number of likely N-dealkylation sites (N-methyl/N-ethyl adjacent to an activating group) is 1. The molecule has 8 heteroatoms. The van der Waals surface area contributed by atoms with Crippen LogP contribution in [0, 0.1) is 11.3 Å². The predicted molar refractivity (Wildman–Crippen MR) is 126 cm³/mol. The number of nitrogens with one attached hydrogen (secondary N) is 1. The van der Waals surface area contributed by atoms with Crippen molar-refractivity contribution < 1.29 is 19.1 Å². The fourth-order valence-corrected chi connectivity index (χ4v) is 3.96. The first-order chi connectivity index (χ1) is 16.3. The van der Waals surface area contributed by atoms with Crippen molar-refractivity contribution in [2.75, 3.05) is 27.3 Å². The van der Waals surface area contributed by atoms with Gasteiger partial charge < -0.3 is 14.8 Å². The Balaban J connectivity index is 1.82. The third-order valence-electron chi connectivity index (χ3n) is 5.59. The van der Waals surface area contributed by atoms with Crippen LogP contribution in [0.4, 0.5) is 0 Å². The van der Waals surface area contributed by atoms with E-state index in [1.54, 1.807) is 26.0 Å². The van der Waals surface area contributed by atoms with Gasteiger partial charge in [-0.05, 0) is 38.6 Å². The van der Waals surface area contributed by atoms with E-state index in [4.69, 9.17) is 9.47 Å². The van der Waals surface area contributed by atoms with Gasteiger partial charge in [0.05, 0.1) is 41.5 Å². The number of aromatic nitrogens is 1. The Kier molecular flexibility index (Phi) is 8.17. The van der Waals surface area contributed by atoms with Gasteiger partial charge in [0.15, 0.2) is 0 Å². The first kappa shape index (κ1) is 24.7. The summed E-state index contributed by atoms with van der Waals surface area (Å²) in [6, 6.07) is 15.2. The van der Waals surface area contributed by atoms with Crippen molar-refractivity contribution in [1.82, 2.24) is 15.2 Å². The lowest BCUT2D eigenvalue weighted by atomic mass is 9.82. The molecule has 0 spiro atoms. The smallest absolute Gasteiger partial charge is 0.336 e. The number of pyridine rings is 1. The lowest BCUT2D eigenvalue weighted by Gasteiger charge is -2.29. The molecule has 1 atom stereocenters. The lowest BCUT2D eigenvalue weighted by Crippen LogP contribution is -2.33. The van der Waals surface area contributed by atoms with E-state index in [2.05, 4.69) is 21.3 Å². The second-order valence-corrected chi connectivity index (χ2v) is 8.07. The van der Waals surface area contributed by atoms with Gasteiger partial charge in [-0.15, -0.1) is 0 Å². The number of nitrogens with zero attached hydrogens (tertiary/aromatic N) is 3. The number of rotatable bonds is 8. The van der Waals surface area contributed by atoms with Gasteiger partial charge in [-0.3, -0.25) is 9.88 Å². The summed E-state index contributed by atoms with van der Waals surface area (Å²) in [6.45, 7) is 4.91. The lowest BCUT2D eigenvalue weighted by molar-refractivity contribution is -0.139. The molecule has 2 heterocycles. The highest BCUT2D eigenvalue weighted by Gasteiger charge is 2.38. The van der Waals surface area contributed by atoms with E-state index in [1.807, 2.05) is 37.4 Å². The molecule has 0 saturated heterocycles. The third kappa shape index (κ3) is 5.69. The number of benzene rings is 1. The van der Waals surface area contributed by atoms with E-state index in [1.165, 1.54) is 18.9 Å². The molecule has 176 valence electrons. The third-order valence-corrected chi connectivity index (χ3v) is 5.59. The van der Waals surface area contributed by atoms with Crippen molar-refractivity contribution >= 4 is 11.9 Å². The summed E-state index contributed by atoms with van der Waals surface area (Å²) in [6.07, 6.45) is 1.48. The van der Waals surface area contributed by atoms with Crippen molar-refractivity contribution in [1.29, 1.82) is 5.26 Å². The van der Waals surface area contributed by atoms with Crippen LogP contribution < -0.4 is 5.32 Å². The molecular formula is C26H28N4O4. The number of allylic oxidation sites excluding steroid dienone is 2. The Morgan fingerprint density at radius 3 is 2.44 bits per heavy atom. The van der Waals surface area contributed by atoms with Gasteiger partial charge in [0, 0.05) is 30.7 Å². The molecule has 1 N–H and O–H groups in total. The van der Waals surface area contributed by atoms with Gasteiger partial charge in [-0.1, -0.05) is 30.3 Å². The topological polar surface area (TPSA) is 105 Å². The number of nitriles is 1. The molecule has 1 aromatic heterocycles. The minimum Gasteiger partial charge on any atom is -0.466 e. The van der Waals surface area contributed by atoms with Crippen molar-refractivity contribution in [3.8, 4) is 6.07 Å². The highest BCUT2D eigenvalue weighted by Crippen LogP contribution is 2.38. The fraction of sp³-hybridized carbons (Fsp3) is 0.308. The van der Waals surface area contributed by atoms with Crippen molar-refractivity contribution in [3.63, 3.8) is 0 Å². The number of ether oxygens (including phenoxy) is 2. The average Bonchev–Trinajstić information content (AvgIpc) is 2.83. The summed E-state index contributed by atoms with van der Waals surface area (Å²) < 4.78 is 10.6. The summed E-state index contributed by atoms with van der Waals surface area (Å²) in [5.41, 5.74) is 3.56. The second-order valence-electron chi connectivity index (χ2n) is 8.07. The van der Waals surface area contributed by atoms with Crippen LogP contribution in [-0.4, -0.2) is 49.1 Å². The molecule has 2 aromatic rings. The van der Waals surface area contributed by atoms with Gasteiger partial charge in [-0.25, -0.2) is 9.59 Å². The molecule has 1 aliphatic heterocycles. The average molecular weight is 461 g/mol. The molecule has 34 heavy (non-hydrogen) atoms. The Morgan fingerprint density at radius 2 is 1.79 bits per heavy atom. The van der Waals surface area contributed by atoms with E-state index in [0.29, 0.717) is 29.2 Å². The first-order valence-electron chi connectivity index (χ1n) is 10.9. The van der Waals surface area contributed by atoms with Gasteiger partial charge >= 0.3 is 11.9 Å². The predicted octanol–water partition coefficient (Wildman–Crippen LogP) is 3.04. The van der Waals surface area contributed by atoms with E-state index < -0.39 is 17.9 Å². The normalized spacial score (nSPS) is 15.6. The maximum Gasteiger partial charge on any atom is 0.336 e. The summed E-state index contributed by atoms with van der Waals surface area (Å²) >= 11 is 0. The van der Waals surface area contributed by atoms with Crippen LogP contribution in [-0.2, 0) is 25.6 Å². The van der Waals surface area contributed by atoms with Crippen LogP contribution in [0.1, 0.15) is 36.6 Å². The molecule has 1 aromatic carbocycles. The van der Waals surface area contributed by atoms with Crippen LogP contribution in [0.2, 0.25) is 0 Å². The van der Waals surface area contributed by atoms with Gasteiger partial charge in [-0.2, -0.15) is 5.26 Å². The summed E-state index contributed by atoms with van der Waals surface area (Å²) in [7, 11) is 3.24. The zero-order chi connectivity index (χ0) is 24.7. The van der Waals surface area contributed by atoms with Crippen LogP contribution in [0.5, 0.6) is 0 Å². The summed E-state index contributed by atoms with van der Waals surface area (Å²) in [5.74, 6) is -1.96. The van der Waals surface area contributed by atoms with Crippen LogP contribution >= 0.6 is 0 Å². The van der Waals surface area contributed by atoms with E-state index >= 15 is 0 Å². The zero-order valence-electron chi connectivity index (χ0n) is 19.8. The molecule has 0 bridgehead atoms. The fourth-order valence-electron chi connectivity index (χ4n) is 3.96. The Morgan fingerprint density at radius 1 is 1.12 bits per heavy atom. The number of methoxy groups -OCH3 is 1. The number of hydrogen-bond donors (Lipinski definition) is 1. The number of esters is 2. The molecule has 0 saturated carbocycles. The highest BCUT2D eigenvalue weighted by atomic mass is 16.5. The number of carbonyl (C=O) groups excluding carboxylic acids is 2. The molecule has 0 amide bonds. The van der Waals surface area contributed by atoms with Crippen LogP contribution in [0.3, 0.4) is 0 Å². The van der Waals surface area contributed by atoms with Gasteiger partial charge in [0.25, 0.3) is 0 Å². The van der Waals surface area contributed by atoms with Crippen molar-refractivity contribution in [2.45, 2.75) is 26.3 Å². The van der Waals surface area contributed by atoms with Crippen molar-refractivity contribution in [3.05, 3.63) is 88.0 Å². The summed E-state index contributed by atoms with van der Waals surface area (Å²) in [4.78, 5) is 32.3. The maximum atomic E-state index is 13.2. The Labute approximate surface area is 199 Å². The van der Waals surface area contributed by atoms with Crippen LogP contribution in [0.15, 0.2) is 71.2 Å². The SMILES string of the molecule is COC(=O)C1=C(C)NC(C)=C(C(=O)OCCN(C)Cc2ccccc2)C1c1cc(C#N)ccn1. The van der Waals surface area contributed by atoms with E-state index in [-0.39, 0.29) is 17.8 Å². The van der Waals surface area contributed by atoms with Crippen LogP contribution in [0.25, 0.3) is 0 Å². The largest absolute Gasteiger partial charge is 0.466 e. The molecule has 1 unspecified atom stereocenters. The molecule has 3 rings (SSSR count). The highest BCUT2D eigenvalue weighted by molar-refractivity contribution is 5.99. The first-order valence-corrected chi connectivity index (χ1v) is 10.9. The Bertz CT molecular complexity index is 1160. The zero-order valence-corrected chi connectivity index (χ0v) is 19.8. The molecule has 8 nitrogen and oxygen atoms in total. The standard InChI is InChI=1S/C26H28N4O4/c1-17-22(25(31)33-4)24(21-14-20(15-27)10-11-28-21)23(18(2)29-17)26(32)34-13-12-30(3)16-19-8-6-5-7-9-19/h5-11,14,24,29H,12-13,16H2,1-4H3. The minimum atomic E-state index is -0.823. The number of carbonyl (C=O) groups is 2. The number of hydrogen-bond acceptors (Lipinski definition) is 8. The van der Waals surface area contributed by atoms with E-state index in [9.17, 15) is 14.9 Å². The second kappa shape index (κ2) is 11.3.